The highest BCUT2D eigenvalue weighted by atomic mass is 32.2. The summed E-state index contributed by atoms with van der Waals surface area (Å²) in [6.07, 6.45) is 0. The summed E-state index contributed by atoms with van der Waals surface area (Å²) < 4.78 is 37.7. The average Bonchev–Trinajstić information content (AvgIpc) is 2.79. The zero-order valence-corrected chi connectivity index (χ0v) is 19.6. The van der Waals surface area contributed by atoms with Gasteiger partial charge in [0, 0.05) is 11.5 Å². The molecule has 1 amide bonds. The molecule has 0 fully saturated rings. The molecule has 2 N–H and O–H groups in total. The molecule has 1 heterocycles. The zero-order valence-electron chi connectivity index (χ0n) is 18.8. The predicted octanol–water partition coefficient (Wildman–Crippen LogP) is 2.40. The number of sulfonamides is 1. The SMILES string of the molecule is CCOc1ccc(S(=O)(=O)NNC(=O)c2nn(C(C)C)c(=O)c3ccccc23)cc1OCC. The first-order valence-electron chi connectivity index (χ1n) is 10.4. The maximum absolute atomic E-state index is 12.9. The van der Waals surface area contributed by atoms with Crippen molar-refractivity contribution in [3.63, 3.8) is 0 Å². The van der Waals surface area contributed by atoms with E-state index >= 15 is 0 Å². The van der Waals surface area contributed by atoms with Crippen LogP contribution in [-0.4, -0.2) is 37.3 Å². The van der Waals surface area contributed by atoms with Crippen LogP contribution in [0.5, 0.6) is 11.5 Å². The molecule has 0 unspecified atom stereocenters. The lowest BCUT2D eigenvalue weighted by molar-refractivity contribution is 0.0939. The van der Waals surface area contributed by atoms with E-state index < -0.39 is 15.9 Å². The number of nitrogens with zero attached hydrogens (tertiary/aromatic N) is 2. The summed E-state index contributed by atoms with van der Waals surface area (Å²) >= 11 is 0. The molecule has 0 aliphatic carbocycles. The van der Waals surface area contributed by atoms with Crippen LogP contribution < -0.4 is 25.3 Å². The van der Waals surface area contributed by atoms with Crippen LogP contribution >= 0.6 is 0 Å². The second kappa shape index (κ2) is 10.0. The van der Waals surface area contributed by atoms with Crippen LogP contribution in [0.25, 0.3) is 10.8 Å². The Hall–Kier alpha value is -3.44. The first-order chi connectivity index (χ1) is 15.7. The quantitative estimate of drug-likeness (QED) is 0.456. The molecule has 3 aromatic rings. The van der Waals surface area contributed by atoms with Crippen LogP contribution in [0.2, 0.25) is 0 Å². The molecule has 10 nitrogen and oxygen atoms in total. The van der Waals surface area contributed by atoms with E-state index in [0.717, 1.165) is 0 Å². The fraction of sp³-hybridized carbons (Fsp3) is 0.318. The second-order valence-corrected chi connectivity index (χ2v) is 8.95. The summed E-state index contributed by atoms with van der Waals surface area (Å²) in [6.45, 7) is 7.80. The number of benzene rings is 2. The van der Waals surface area contributed by atoms with Gasteiger partial charge in [-0.25, -0.2) is 13.1 Å². The minimum absolute atomic E-state index is 0.0803. The number of carbonyl (C=O) groups is 1. The van der Waals surface area contributed by atoms with Crippen LogP contribution in [0.15, 0.2) is 52.2 Å². The van der Waals surface area contributed by atoms with Gasteiger partial charge in [-0.05, 0) is 45.9 Å². The Balaban J connectivity index is 1.91. The van der Waals surface area contributed by atoms with Gasteiger partial charge >= 0.3 is 0 Å². The molecule has 0 spiro atoms. The van der Waals surface area contributed by atoms with E-state index in [-0.39, 0.29) is 27.9 Å². The van der Waals surface area contributed by atoms with Crippen molar-refractivity contribution in [2.45, 2.75) is 38.6 Å². The molecule has 0 bridgehead atoms. The van der Waals surface area contributed by atoms with E-state index in [2.05, 4.69) is 15.4 Å². The van der Waals surface area contributed by atoms with Crippen molar-refractivity contribution in [3.8, 4) is 11.5 Å². The van der Waals surface area contributed by atoms with Gasteiger partial charge in [-0.2, -0.15) is 5.10 Å². The Kier molecular flexibility index (Phi) is 7.34. The average molecular weight is 475 g/mol. The third kappa shape index (κ3) is 5.15. The van der Waals surface area contributed by atoms with Crippen molar-refractivity contribution in [1.82, 2.24) is 20.0 Å². The lowest BCUT2D eigenvalue weighted by Crippen LogP contribution is -2.42. The summed E-state index contributed by atoms with van der Waals surface area (Å²) in [6, 6.07) is 10.4. The predicted molar refractivity (Wildman–Crippen MR) is 123 cm³/mol. The molecule has 2 aromatic carbocycles. The molecule has 0 atom stereocenters. The molecule has 176 valence electrons. The van der Waals surface area contributed by atoms with Crippen molar-refractivity contribution >= 4 is 26.7 Å². The topological polar surface area (TPSA) is 129 Å². The van der Waals surface area contributed by atoms with Crippen LogP contribution in [-0.2, 0) is 10.0 Å². The smallest absolute Gasteiger partial charge is 0.287 e. The molecule has 1 aromatic heterocycles. The van der Waals surface area contributed by atoms with Gasteiger partial charge in [0.05, 0.1) is 29.5 Å². The summed E-state index contributed by atoms with van der Waals surface area (Å²) in [5.74, 6) is -0.126. The molecule has 0 aliphatic rings. The maximum Gasteiger partial charge on any atom is 0.287 e. The highest BCUT2D eigenvalue weighted by molar-refractivity contribution is 7.89. The van der Waals surface area contributed by atoms with Gasteiger partial charge in [-0.3, -0.25) is 15.0 Å². The molecule has 33 heavy (non-hydrogen) atoms. The first kappa shape index (κ1) is 24.2. The molecular formula is C22H26N4O6S. The molecule has 0 radical (unpaired) electrons. The number of hydrogen-bond donors (Lipinski definition) is 2. The van der Waals surface area contributed by atoms with E-state index in [9.17, 15) is 18.0 Å². The van der Waals surface area contributed by atoms with Gasteiger partial charge in [0.15, 0.2) is 17.2 Å². The van der Waals surface area contributed by atoms with Crippen LogP contribution in [0.1, 0.15) is 44.2 Å². The molecule has 0 saturated carbocycles. The minimum Gasteiger partial charge on any atom is -0.490 e. The molecule has 0 aliphatic heterocycles. The van der Waals surface area contributed by atoms with E-state index in [1.54, 1.807) is 52.0 Å². The van der Waals surface area contributed by atoms with Crippen molar-refractivity contribution in [2.24, 2.45) is 0 Å². The number of carbonyl (C=O) groups excluding carboxylic acids is 1. The summed E-state index contributed by atoms with van der Waals surface area (Å²) in [5, 5.41) is 4.79. The first-order valence-corrected chi connectivity index (χ1v) is 11.9. The Morgan fingerprint density at radius 3 is 2.30 bits per heavy atom. The third-order valence-electron chi connectivity index (χ3n) is 4.66. The number of aromatic nitrogens is 2. The number of amides is 1. The zero-order chi connectivity index (χ0) is 24.2. The number of hydrazine groups is 1. The lowest BCUT2D eigenvalue weighted by Gasteiger charge is -2.15. The summed E-state index contributed by atoms with van der Waals surface area (Å²) in [7, 11) is -4.14. The van der Waals surface area contributed by atoms with E-state index in [4.69, 9.17) is 9.47 Å². The highest BCUT2D eigenvalue weighted by Gasteiger charge is 2.22. The number of nitrogens with one attached hydrogen (secondary N) is 2. The van der Waals surface area contributed by atoms with Crippen LogP contribution in [0.4, 0.5) is 0 Å². The molecule has 0 saturated heterocycles. The van der Waals surface area contributed by atoms with Crippen LogP contribution in [0.3, 0.4) is 0 Å². The van der Waals surface area contributed by atoms with Gasteiger partial charge < -0.3 is 9.47 Å². The van der Waals surface area contributed by atoms with Gasteiger partial charge in [0.1, 0.15) is 0 Å². The fourth-order valence-electron chi connectivity index (χ4n) is 3.15. The Morgan fingerprint density at radius 2 is 1.67 bits per heavy atom. The van der Waals surface area contributed by atoms with Gasteiger partial charge in [0.25, 0.3) is 21.5 Å². The van der Waals surface area contributed by atoms with Crippen molar-refractivity contribution in [2.75, 3.05) is 13.2 Å². The van der Waals surface area contributed by atoms with Crippen molar-refractivity contribution in [1.29, 1.82) is 0 Å². The third-order valence-corrected chi connectivity index (χ3v) is 5.90. The van der Waals surface area contributed by atoms with E-state index in [1.807, 2.05) is 0 Å². The number of rotatable bonds is 9. The van der Waals surface area contributed by atoms with E-state index in [0.29, 0.717) is 29.7 Å². The minimum atomic E-state index is -4.14. The summed E-state index contributed by atoms with van der Waals surface area (Å²) in [4.78, 5) is 27.5. The number of ether oxygens (including phenoxy) is 2. The van der Waals surface area contributed by atoms with Gasteiger partial charge in [-0.15, -0.1) is 4.83 Å². The largest absolute Gasteiger partial charge is 0.490 e. The lowest BCUT2D eigenvalue weighted by atomic mass is 10.1. The fourth-order valence-corrected chi connectivity index (χ4v) is 4.01. The van der Waals surface area contributed by atoms with Crippen molar-refractivity contribution < 1.29 is 22.7 Å². The highest BCUT2D eigenvalue weighted by Crippen LogP contribution is 2.30. The number of fused-ring (bicyclic) bond motifs is 1. The normalized spacial score (nSPS) is 11.5. The number of hydrogen-bond acceptors (Lipinski definition) is 7. The standard InChI is InChI=1S/C22H26N4O6S/c1-5-31-18-12-11-15(13-19(18)32-6-2)33(29,30)25-23-21(27)20-16-9-7-8-10-17(16)22(28)26(24-20)14(3)4/h7-14,25H,5-6H2,1-4H3,(H,23,27). The Morgan fingerprint density at radius 1 is 1.03 bits per heavy atom. The molecular weight excluding hydrogens is 448 g/mol. The molecule has 3 rings (SSSR count). The van der Waals surface area contributed by atoms with Gasteiger partial charge in [0.2, 0.25) is 0 Å². The monoisotopic (exact) mass is 474 g/mol. The maximum atomic E-state index is 12.9. The Bertz CT molecular complexity index is 1330. The Labute approximate surface area is 191 Å². The van der Waals surface area contributed by atoms with E-state index in [1.165, 1.54) is 22.9 Å². The molecule has 11 heteroatoms. The summed E-state index contributed by atoms with van der Waals surface area (Å²) in [5.41, 5.74) is 1.76. The van der Waals surface area contributed by atoms with Crippen LogP contribution in [0, 0.1) is 0 Å². The van der Waals surface area contributed by atoms with Crippen molar-refractivity contribution in [3.05, 3.63) is 58.5 Å². The second-order valence-electron chi connectivity index (χ2n) is 7.27. The van der Waals surface area contributed by atoms with Gasteiger partial charge in [-0.1, -0.05) is 18.2 Å².